The van der Waals surface area contributed by atoms with E-state index in [0.717, 1.165) is 15.6 Å². The number of hydrogen-bond donors (Lipinski definition) is 0. The molecule has 0 saturated heterocycles. The molecule has 2 aromatic carbocycles. The molecule has 1 aliphatic heterocycles. The number of aromatic nitrogens is 1. The highest BCUT2D eigenvalue weighted by Gasteiger charge is 2.33. The van der Waals surface area contributed by atoms with E-state index in [0.29, 0.717) is 20.6 Å². The number of esters is 1. The van der Waals surface area contributed by atoms with Gasteiger partial charge in [-0.25, -0.2) is 9.79 Å². The average Bonchev–Trinajstić information content (AvgIpc) is 3.06. The number of allylic oxidation sites excluding steroid dienone is 1. The van der Waals surface area contributed by atoms with Crippen LogP contribution < -0.4 is 14.9 Å². The van der Waals surface area contributed by atoms with Crippen molar-refractivity contribution in [1.82, 2.24) is 4.57 Å². The summed E-state index contributed by atoms with van der Waals surface area (Å²) < 4.78 is 8.39. The molecule has 0 bridgehead atoms. The molecule has 1 aromatic heterocycles. The fraction of sp³-hybridized carbons (Fsp3) is 0.125. The molecule has 5 nitrogen and oxygen atoms in total. The molecular weight excluding hydrogens is 476 g/mol. The number of thiazole rings is 1. The first-order valence-electron chi connectivity index (χ1n) is 9.60. The SMILES string of the molecule is C=CCOC(=O)C1=C(C)N=c2s/c(=C\c3cccc(Br)c3)c(=O)n2C1c1ccccc1. The van der Waals surface area contributed by atoms with Crippen LogP contribution in [0.3, 0.4) is 0 Å². The highest BCUT2D eigenvalue weighted by molar-refractivity contribution is 9.10. The van der Waals surface area contributed by atoms with Gasteiger partial charge in [-0.2, -0.15) is 0 Å². The first kappa shape index (κ1) is 21.2. The molecule has 1 unspecified atom stereocenters. The van der Waals surface area contributed by atoms with Gasteiger partial charge in [-0.05, 0) is 36.3 Å². The smallest absolute Gasteiger partial charge is 0.338 e. The molecule has 1 atom stereocenters. The maximum absolute atomic E-state index is 13.5. The summed E-state index contributed by atoms with van der Waals surface area (Å²) in [6.07, 6.45) is 3.35. The van der Waals surface area contributed by atoms with E-state index < -0.39 is 12.0 Å². The first-order valence-corrected chi connectivity index (χ1v) is 11.2. The van der Waals surface area contributed by atoms with Crippen molar-refractivity contribution >= 4 is 39.3 Å². The van der Waals surface area contributed by atoms with Crippen molar-refractivity contribution in [1.29, 1.82) is 0 Å². The molecule has 0 spiro atoms. The van der Waals surface area contributed by atoms with E-state index in [4.69, 9.17) is 4.74 Å². The van der Waals surface area contributed by atoms with Gasteiger partial charge in [-0.15, -0.1) is 0 Å². The zero-order valence-corrected chi connectivity index (χ0v) is 19.2. The molecule has 0 aliphatic carbocycles. The molecule has 0 fully saturated rings. The van der Waals surface area contributed by atoms with Crippen LogP contribution in [0.1, 0.15) is 24.1 Å². The molecule has 31 heavy (non-hydrogen) atoms. The van der Waals surface area contributed by atoms with E-state index in [-0.39, 0.29) is 12.2 Å². The largest absolute Gasteiger partial charge is 0.458 e. The Labute approximate surface area is 191 Å². The summed E-state index contributed by atoms with van der Waals surface area (Å²) in [7, 11) is 0. The number of benzene rings is 2. The lowest BCUT2D eigenvalue weighted by molar-refractivity contribution is -0.138. The van der Waals surface area contributed by atoms with E-state index in [2.05, 4.69) is 27.5 Å². The molecule has 3 aromatic rings. The van der Waals surface area contributed by atoms with E-state index in [1.807, 2.05) is 60.7 Å². The second-order valence-electron chi connectivity index (χ2n) is 6.93. The van der Waals surface area contributed by atoms with Crippen LogP contribution in [0.25, 0.3) is 6.08 Å². The van der Waals surface area contributed by atoms with Crippen molar-refractivity contribution in [3.8, 4) is 0 Å². The number of nitrogens with zero attached hydrogens (tertiary/aromatic N) is 2. The normalized spacial score (nSPS) is 15.9. The Kier molecular flexibility index (Phi) is 6.15. The quantitative estimate of drug-likeness (QED) is 0.401. The van der Waals surface area contributed by atoms with Crippen LogP contribution >= 0.6 is 27.3 Å². The molecule has 7 heteroatoms. The van der Waals surface area contributed by atoms with Gasteiger partial charge in [0.1, 0.15) is 6.61 Å². The van der Waals surface area contributed by atoms with Crippen molar-refractivity contribution in [3.05, 3.63) is 114 Å². The van der Waals surface area contributed by atoms with Crippen molar-refractivity contribution < 1.29 is 9.53 Å². The summed E-state index contributed by atoms with van der Waals surface area (Å²) >= 11 is 4.77. The highest BCUT2D eigenvalue weighted by Crippen LogP contribution is 2.30. The number of halogens is 1. The molecule has 1 aliphatic rings. The fourth-order valence-electron chi connectivity index (χ4n) is 3.49. The fourth-order valence-corrected chi connectivity index (χ4v) is 4.96. The molecule has 4 rings (SSSR count). The lowest BCUT2D eigenvalue weighted by Gasteiger charge is -2.24. The highest BCUT2D eigenvalue weighted by atomic mass is 79.9. The molecule has 0 radical (unpaired) electrons. The predicted molar refractivity (Wildman–Crippen MR) is 126 cm³/mol. The minimum atomic E-state index is -0.612. The molecule has 0 amide bonds. The Morgan fingerprint density at radius 1 is 1.26 bits per heavy atom. The van der Waals surface area contributed by atoms with Crippen LogP contribution in [0.4, 0.5) is 0 Å². The van der Waals surface area contributed by atoms with Crippen molar-refractivity contribution in [2.45, 2.75) is 13.0 Å². The van der Waals surface area contributed by atoms with Gasteiger partial charge in [-0.3, -0.25) is 9.36 Å². The van der Waals surface area contributed by atoms with Gasteiger partial charge in [-0.1, -0.05) is 82.4 Å². The molecule has 156 valence electrons. The van der Waals surface area contributed by atoms with E-state index >= 15 is 0 Å². The van der Waals surface area contributed by atoms with Crippen LogP contribution in [0.2, 0.25) is 0 Å². The molecule has 2 heterocycles. The van der Waals surface area contributed by atoms with Gasteiger partial charge in [0.15, 0.2) is 4.80 Å². The first-order chi connectivity index (χ1) is 15.0. The Morgan fingerprint density at radius 3 is 2.74 bits per heavy atom. The van der Waals surface area contributed by atoms with Crippen LogP contribution in [-0.4, -0.2) is 17.1 Å². The van der Waals surface area contributed by atoms with Gasteiger partial charge >= 0.3 is 5.97 Å². The van der Waals surface area contributed by atoms with Crippen LogP contribution in [0.15, 0.2) is 92.8 Å². The van der Waals surface area contributed by atoms with Crippen LogP contribution in [-0.2, 0) is 9.53 Å². The third kappa shape index (κ3) is 4.24. The summed E-state index contributed by atoms with van der Waals surface area (Å²) in [4.78, 5) is 31.5. The Balaban J connectivity index is 1.93. The second kappa shape index (κ2) is 8.99. The second-order valence-corrected chi connectivity index (χ2v) is 8.86. The van der Waals surface area contributed by atoms with E-state index in [1.54, 1.807) is 11.5 Å². The zero-order valence-electron chi connectivity index (χ0n) is 16.7. The monoisotopic (exact) mass is 494 g/mol. The lowest BCUT2D eigenvalue weighted by Crippen LogP contribution is -2.39. The standard InChI is InChI=1S/C24H19BrN2O3S/c1-3-12-30-23(29)20-15(2)26-24-27(21(20)17-9-5-4-6-10-17)22(28)19(31-24)14-16-8-7-11-18(25)13-16/h3-11,13-14,21H,1,12H2,2H3/b19-14-. The Hall–Kier alpha value is -3.03. The number of rotatable bonds is 5. The van der Waals surface area contributed by atoms with Crippen molar-refractivity contribution in [2.75, 3.05) is 6.61 Å². The van der Waals surface area contributed by atoms with Crippen LogP contribution in [0, 0.1) is 0 Å². The summed E-state index contributed by atoms with van der Waals surface area (Å²) in [5, 5.41) is 0. The zero-order chi connectivity index (χ0) is 22.0. The van der Waals surface area contributed by atoms with E-state index in [1.165, 1.54) is 17.4 Å². The van der Waals surface area contributed by atoms with Crippen LogP contribution in [0.5, 0.6) is 0 Å². The van der Waals surface area contributed by atoms with Gasteiger partial charge in [0.05, 0.1) is 21.8 Å². The predicted octanol–water partition coefficient (Wildman–Crippen LogP) is 3.73. The van der Waals surface area contributed by atoms with Gasteiger partial charge in [0.25, 0.3) is 5.56 Å². The lowest BCUT2D eigenvalue weighted by atomic mass is 9.96. The summed E-state index contributed by atoms with van der Waals surface area (Å²) in [6.45, 7) is 5.45. The van der Waals surface area contributed by atoms with Gasteiger partial charge in [0.2, 0.25) is 0 Å². The molecule has 0 N–H and O–H groups in total. The summed E-state index contributed by atoms with van der Waals surface area (Å²) in [5.74, 6) is -0.503. The van der Waals surface area contributed by atoms with Gasteiger partial charge in [0, 0.05) is 4.47 Å². The van der Waals surface area contributed by atoms with Crippen molar-refractivity contribution in [2.24, 2.45) is 4.99 Å². The van der Waals surface area contributed by atoms with E-state index in [9.17, 15) is 9.59 Å². The topological polar surface area (TPSA) is 60.7 Å². The third-order valence-corrected chi connectivity index (χ3v) is 6.31. The Morgan fingerprint density at radius 2 is 2.03 bits per heavy atom. The molecule has 0 saturated carbocycles. The maximum Gasteiger partial charge on any atom is 0.338 e. The third-order valence-electron chi connectivity index (χ3n) is 4.84. The molecular formula is C24H19BrN2O3S. The summed E-state index contributed by atoms with van der Waals surface area (Å²) in [5.41, 5.74) is 2.42. The number of fused-ring (bicyclic) bond motifs is 1. The minimum Gasteiger partial charge on any atom is -0.458 e. The summed E-state index contributed by atoms with van der Waals surface area (Å²) in [6, 6.07) is 16.6. The number of ether oxygens (including phenoxy) is 1. The minimum absolute atomic E-state index is 0.0877. The number of carbonyl (C=O) groups excluding carboxylic acids is 1. The number of carbonyl (C=O) groups is 1. The number of hydrogen-bond acceptors (Lipinski definition) is 5. The van der Waals surface area contributed by atoms with Crippen molar-refractivity contribution in [3.63, 3.8) is 0 Å². The average molecular weight is 495 g/mol. The maximum atomic E-state index is 13.5. The Bertz CT molecular complexity index is 1370. The van der Waals surface area contributed by atoms with Gasteiger partial charge < -0.3 is 4.74 Å².